The van der Waals surface area contributed by atoms with Gasteiger partial charge in [0.2, 0.25) is 0 Å². The maximum atomic E-state index is 6.15. The Kier molecular flexibility index (Phi) is 4.18. The summed E-state index contributed by atoms with van der Waals surface area (Å²) in [6.07, 6.45) is 1.80. The molecular weight excluding hydrogens is 246 g/mol. The molecule has 4 heteroatoms. The Balaban J connectivity index is 2.01. The van der Waals surface area contributed by atoms with E-state index in [4.69, 9.17) is 17.3 Å². The Morgan fingerprint density at radius 2 is 2.06 bits per heavy atom. The van der Waals surface area contributed by atoms with Crippen LogP contribution in [-0.2, 0) is 13.1 Å². The molecule has 1 aromatic heterocycles. The van der Waals surface area contributed by atoms with Crippen molar-refractivity contribution in [3.63, 3.8) is 0 Å². The van der Waals surface area contributed by atoms with Crippen molar-refractivity contribution in [3.05, 3.63) is 58.9 Å². The number of nitrogens with two attached hydrogens (primary N) is 1. The second-order valence-electron chi connectivity index (χ2n) is 4.34. The summed E-state index contributed by atoms with van der Waals surface area (Å²) in [5.74, 6) is 0. The van der Waals surface area contributed by atoms with Crippen LogP contribution in [-0.4, -0.2) is 16.9 Å². The average molecular weight is 262 g/mol. The van der Waals surface area contributed by atoms with Crippen molar-refractivity contribution in [3.8, 4) is 0 Å². The number of halogens is 1. The van der Waals surface area contributed by atoms with Gasteiger partial charge in [0.25, 0.3) is 0 Å². The first-order valence-corrected chi connectivity index (χ1v) is 6.15. The molecule has 0 spiro atoms. The van der Waals surface area contributed by atoms with Gasteiger partial charge in [0.05, 0.1) is 5.69 Å². The number of aromatic nitrogens is 1. The van der Waals surface area contributed by atoms with Crippen molar-refractivity contribution in [1.82, 2.24) is 9.88 Å². The Bertz CT molecular complexity index is 514. The van der Waals surface area contributed by atoms with Crippen LogP contribution < -0.4 is 5.73 Å². The zero-order valence-corrected chi connectivity index (χ0v) is 11.1. The summed E-state index contributed by atoms with van der Waals surface area (Å²) >= 11 is 6.15. The van der Waals surface area contributed by atoms with Crippen LogP contribution in [0.1, 0.15) is 11.3 Å². The molecular formula is C14H16ClN3. The zero-order valence-electron chi connectivity index (χ0n) is 10.3. The lowest BCUT2D eigenvalue weighted by Crippen LogP contribution is -2.18. The van der Waals surface area contributed by atoms with Crippen LogP contribution in [0.2, 0.25) is 5.02 Å². The topological polar surface area (TPSA) is 42.2 Å². The van der Waals surface area contributed by atoms with Gasteiger partial charge < -0.3 is 5.73 Å². The van der Waals surface area contributed by atoms with Gasteiger partial charge in [-0.2, -0.15) is 0 Å². The summed E-state index contributed by atoms with van der Waals surface area (Å²) in [5, 5.41) is 0.711. The third kappa shape index (κ3) is 3.45. The Morgan fingerprint density at radius 3 is 2.72 bits per heavy atom. The molecule has 3 nitrogen and oxygen atoms in total. The standard InChI is InChI=1S/C14H16ClN3/c1-18(10-13-4-2-3-7-17-13)9-11-5-6-12(16)8-14(11)15/h2-8H,9-10,16H2,1H3. The van der Waals surface area contributed by atoms with Crippen LogP contribution >= 0.6 is 11.6 Å². The number of nitrogen functional groups attached to an aromatic ring is 1. The number of hydrogen-bond acceptors (Lipinski definition) is 3. The van der Waals surface area contributed by atoms with Gasteiger partial charge in [-0.05, 0) is 36.9 Å². The summed E-state index contributed by atoms with van der Waals surface area (Å²) < 4.78 is 0. The number of anilines is 1. The largest absolute Gasteiger partial charge is 0.399 e. The van der Waals surface area contributed by atoms with E-state index in [2.05, 4.69) is 9.88 Å². The van der Waals surface area contributed by atoms with Gasteiger partial charge in [-0.3, -0.25) is 9.88 Å². The first-order valence-electron chi connectivity index (χ1n) is 5.77. The van der Waals surface area contributed by atoms with E-state index in [1.807, 2.05) is 37.4 Å². The van der Waals surface area contributed by atoms with E-state index in [0.29, 0.717) is 10.7 Å². The predicted molar refractivity (Wildman–Crippen MR) is 75.3 cm³/mol. The highest BCUT2D eigenvalue weighted by Gasteiger charge is 2.06. The second-order valence-corrected chi connectivity index (χ2v) is 4.75. The molecule has 0 aliphatic carbocycles. The van der Waals surface area contributed by atoms with Crippen LogP contribution in [0, 0.1) is 0 Å². The molecule has 0 saturated carbocycles. The normalized spacial score (nSPS) is 10.8. The number of nitrogens with zero attached hydrogens (tertiary/aromatic N) is 2. The molecule has 0 saturated heterocycles. The highest BCUT2D eigenvalue weighted by molar-refractivity contribution is 6.31. The minimum absolute atomic E-state index is 0.691. The van der Waals surface area contributed by atoms with Crippen LogP contribution in [0.3, 0.4) is 0 Å². The minimum atomic E-state index is 0.691. The smallest absolute Gasteiger partial charge is 0.0543 e. The van der Waals surface area contributed by atoms with Gasteiger partial charge >= 0.3 is 0 Å². The third-order valence-electron chi connectivity index (χ3n) is 2.68. The third-order valence-corrected chi connectivity index (χ3v) is 3.03. The zero-order chi connectivity index (χ0) is 13.0. The molecule has 0 fully saturated rings. The molecule has 94 valence electrons. The Labute approximate surface area is 112 Å². The summed E-state index contributed by atoms with van der Waals surface area (Å²) in [5.41, 5.74) is 8.49. The summed E-state index contributed by atoms with van der Waals surface area (Å²) in [6, 6.07) is 11.5. The van der Waals surface area contributed by atoms with Crippen LogP contribution in [0.4, 0.5) is 5.69 Å². The van der Waals surface area contributed by atoms with Crippen molar-refractivity contribution in [1.29, 1.82) is 0 Å². The molecule has 2 rings (SSSR count). The van der Waals surface area contributed by atoms with E-state index in [1.54, 1.807) is 12.3 Å². The van der Waals surface area contributed by atoms with E-state index < -0.39 is 0 Å². The SMILES string of the molecule is CN(Cc1ccccn1)Cc1ccc(N)cc1Cl. The van der Waals surface area contributed by atoms with E-state index in [9.17, 15) is 0 Å². The van der Waals surface area contributed by atoms with Crippen molar-refractivity contribution in [2.45, 2.75) is 13.1 Å². The average Bonchev–Trinajstić information content (AvgIpc) is 2.34. The van der Waals surface area contributed by atoms with Gasteiger partial charge in [0.15, 0.2) is 0 Å². The van der Waals surface area contributed by atoms with Gasteiger partial charge in [-0.25, -0.2) is 0 Å². The molecule has 2 N–H and O–H groups in total. The molecule has 0 atom stereocenters. The number of pyridine rings is 1. The van der Waals surface area contributed by atoms with E-state index in [-0.39, 0.29) is 0 Å². The van der Waals surface area contributed by atoms with Crippen LogP contribution in [0.15, 0.2) is 42.6 Å². The lowest BCUT2D eigenvalue weighted by molar-refractivity contribution is 0.315. The van der Waals surface area contributed by atoms with E-state index in [1.165, 1.54) is 0 Å². The maximum absolute atomic E-state index is 6.15. The molecule has 0 aliphatic heterocycles. The lowest BCUT2D eigenvalue weighted by Gasteiger charge is -2.17. The second kappa shape index (κ2) is 5.85. The Hall–Kier alpha value is -1.58. The van der Waals surface area contributed by atoms with Crippen molar-refractivity contribution >= 4 is 17.3 Å². The monoisotopic (exact) mass is 261 g/mol. The van der Waals surface area contributed by atoms with Gasteiger partial charge in [-0.15, -0.1) is 0 Å². The lowest BCUT2D eigenvalue weighted by atomic mass is 10.2. The fraction of sp³-hybridized carbons (Fsp3) is 0.214. The number of rotatable bonds is 4. The predicted octanol–water partition coefficient (Wildman–Crippen LogP) is 2.95. The number of hydrogen-bond donors (Lipinski definition) is 1. The molecule has 18 heavy (non-hydrogen) atoms. The van der Waals surface area contributed by atoms with Crippen molar-refractivity contribution < 1.29 is 0 Å². The quantitative estimate of drug-likeness (QED) is 0.861. The molecule has 0 radical (unpaired) electrons. The number of benzene rings is 1. The molecule has 0 aliphatic rings. The van der Waals surface area contributed by atoms with Gasteiger partial charge in [-0.1, -0.05) is 23.7 Å². The molecule has 0 amide bonds. The van der Waals surface area contributed by atoms with E-state index >= 15 is 0 Å². The summed E-state index contributed by atoms with van der Waals surface area (Å²) in [7, 11) is 2.04. The summed E-state index contributed by atoms with van der Waals surface area (Å²) in [4.78, 5) is 6.47. The fourth-order valence-corrected chi connectivity index (χ4v) is 2.06. The Morgan fingerprint density at radius 1 is 1.22 bits per heavy atom. The molecule has 0 unspecified atom stereocenters. The first kappa shape index (κ1) is 12.9. The molecule has 1 heterocycles. The highest BCUT2D eigenvalue weighted by Crippen LogP contribution is 2.20. The molecule has 1 aromatic carbocycles. The highest BCUT2D eigenvalue weighted by atomic mass is 35.5. The maximum Gasteiger partial charge on any atom is 0.0543 e. The van der Waals surface area contributed by atoms with Crippen LogP contribution in [0.5, 0.6) is 0 Å². The fourth-order valence-electron chi connectivity index (χ4n) is 1.81. The molecule has 2 aromatic rings. The first-order chi connectivity index (χ1) is 8.65. The minimum Gasteiger partial charge on any atom is -0.399 e. The molecule has 0 bridgehead atoms. The van der Waals surface area contributed by atoms with Crippen LogP contribution in [0.25, 0.3) is 0 Å². The van der Waals surface area contributed by atoms with Gasteiger partial charge in [0, 0.05) is 30.0 Å². The van der Waals surface area contributed by atoms with Crippen molar-refractivity contribution in [2.75, 3.05) is 12.8 Å². The van der Waals surface area contributed by atoms with Gasteiger partial charge in [0.1, 0.15) is 0 Å². The van der Waals surface area contributed by atoms with Crippen molar-refractivity contribution in [2.24, 2.45) is 0 Å². The summed E-state index contributed by atoms with van der Waals surface area (Å²) in [6.45, 7) is 1.57. The van der Waals surface area contributed by atoms with E-state index in [0.717, 1.165) is 24.3 Å².